The highest BCUT2D eigenvalue weighted by molar-refractivity contribution is 8.00. The van der Waals surface area contributed by atoms with Crippen LogP contribution < -0.4 is 10.6 Å². The first-order valence-electron chi connectivity index (χ1n) is 7.58. The van der Waals surface area contributed by atoms with E-state index >= 15 is 0 Å². The van der Waals surface area contributed by atoms with E-state index < -0.39 is 17.7 Å². The molecule has 1 atom stereocenters. The lowest BCUT2D eigenvalue weighted by Gasteiger charge is -2.35. The van der Waals surface area contributed by atoms with Crippen molar-refractivity contribution in [2.75, 3.05) is 26.0 Å². The fourth-order valence-electron chi connectivity index (χ4n) is 2.55. The fraction of sp³-hybridized carbons (Fsp3) is 0.562. The number of hydrogen-bond donors (Lipinski definition) is 2. The summed E-state index contributed by atoms with van der Waals surface area (Å²) in [5, 5.41) is 5.62. The lowest BCUT2D eigenvalue weighted by Crippen LogP contribution is -2.47. The van der Waals surface area contributed by atoms with Crippen molar-refractivity contribution in [1.29, 1.82) is 0 Å². The molecule has 0 unspecified atom stereocenters. The predicted molar refractivity (Wildman–Crippen MR) is 87.6 cm³/mol. The maximum atomic E-state index is 13.2. The van der Waals surface area contributed by atoms with Crippen LogP contribution in [0.15, 0.2) is 18.2 Å². The van der Waals surface area contributed by atoms with Crippen molar-refractivity contribution in [3.63, 3.8) is 0 Å². The van der Waals surface area contributed by atoms with Crippen molar-refractivity contribution in [3.05, 3.63) is 35.4 Å². The quantitative estimate of drug-likeness (QED) is 0.862. The number of urea groups is 1. The van der Waals surface area contributed by atoms with E-state index in [-0.39, 0.29) is 10.8 Å². The highest BCUT2D eigenvalue weighted by Crippen LogP contribution is 2.32. The number of benzene rings is 1. The third-order valence-electron chi connectivity index (χ3n) is 4.20. The van der Waals surface area contributed by atoms with E-state index in [1.165, 1.54) is 6.07 Å². The predicted octanol–water partition coefficient (Wildman–Crippen LogP) is 3.24. The van der Waals surface area contributed by atoms with E-state index in [0.29, 0.717) is 25.3 Å². The molecule has 4 nitrogen and oxygen atoms in total. The summed E-state index contributed by atoms with van der Waals surface area (Å²) in [5.74, 6) is -1.81. The first-order chi connectivity index (χ1) is 11.0. The number of hydrogen-bond acceptors (Lipinski definition) is 3. The second kappa shape index (κ2) is 7.97. The topological polar surface area (TPSA) is 50.4 Å². The number of thioether (sulfide) groups is 1. The molecular weight excluding hydrogens is 322 g/mol. The maximum Gasteiger partial charge on any atom is 0.315 e. The Morgan fingerprint density at radius 2 is 2.04 bits per heavy atom. The van der Waals surface area contributed by atoms with Gasteiger partial charge in [-0.2, -0.15) is 11.8 Å². The molecule has 2 N–H and O–H groups in total. The fourth-order valence-corrected chi connectivity index (χ4v) is 3.34. The standard InChI is InChI=1S/C16H22F2N2O2S/c1-11(12-3-4-13(17)14(18)9-12)20-15(21)19-10-16(23-2)5-7-22-8-6-16/h3-4,9,11H,5-8,10H2,1-2H3,(H2,19,20,21)/t11-/m1/s1. The average molecular weight is 344 g/mol. The minimum Gasteiger partial charge on any atom is -0.381 e. The first-order valence-corrected chi connectivity index (χ1v) is 8.80. The van der Waals surface area contributed by atoms with E-state index in [9.17, 15) is 13.6 Å². The molecular formula is C16H22F2N2O2S. The van der Waals surface area contributed by atoms with Crippen molar-refractivity contribution in [2.45, 2.75) is 30.6 Å². The largest absolute Gasteiger partial charge is 0.381 e. The van der Waals surface area contributed by atoms with Crippen LogP contribution in [0.3, 0.4) is 0 Å². The summed E-state index contributed by atoms with van der Waals surface area (Å²) in [7, 11) is 0. The Kier molecular flexibility index (Phi) is 6.24. The Bertz CT molecular complexity index is 551. The van der Waals surface area contributed by atoms with Crippen LogP contribution in [0.1, 0.15) is 31.4 Å². The van der Waals surface area contributed by atoms with E-state index in [1.807, 2.05) is 6.26 Å². The van der Waals surface area contributed by atoms with Gasteiger partial charge in [0.1, 0.15) is 0 Å². The van der Waals surface area contributed by atoms with E-state index in [1.54, 1.807) is 18.7 Å². The third-order valence-corrected chi connectivity index (χ3v) is 5.62. The van der Waals surface area contributed by atoms with Crippen molar-refractivity contribution < 1.29 is 18.3 Å². The van der Waals surface area contributed by atoms with Gasteiger partial charge in [0.25, 0.3) is 0 Å². The number of nitrogens with one attached hydrogen (secondary N) is 2. The first kappa shape index (κ1) is 18.0. The van der Waals surface area contributed by atoms with Crippen LogP contribution in [0.5, 0.6) is 0 Å². The molecule has 0 bridgehead atoms. The SMILES string of the molecule is CSC1(CNC(=O)N[C@H](C)c2ccc(F)c(F)c2)CCOCC1. The number of ether oxygens (including phenoxy) is 1. The summed E-state index contributed by atoms with van der Waals surface area (Å²) in [5.41, 5.74) is 0.518. The van der Waals surface area contributed by atoms with E-state index in [0.717, 1.165) is 25.0 Å². The van der Waals surface area contributed by atoms with Crippen molar-refractivity contribution in [1.82, 2.24) is 10.6 Å². The van der Waals surface area contributed by atoms with Crippen LogP contribution in [-0.2, 0) is 4.74 Å². The summed E-state index contributed by atoms with van der Waals surface area (Å²) < 4.78 is 31.6. The van der Waals surface area contributed by atoms with Crippen LogP contribution >= 0.6 is 11.8 Å². The van der Waals surface area contributed by atoms with Crippen LogP contribution in [0.2, 0.25) is 0 Å². The number of carbonyl (C=O) groups is 1. The number of carbonyl (C=O) groups excluding carboxylic acids is 1. The molecule has 1 heterocycles. The summed E-state index contributed by atoms with van der Waals surface area (Å²) in [4.78, 5) is 12.0. The van der Waals surface area contributed by atoms with Crippen LogP contribution in [0, 0.1) is 11.6 Å². The summed E-state index contributed by atoms with van der Waals surface area (Å²) in [6, 6.07) is 2.89. The molecule has 2 amide bonds. The van der Waals surface area contributed by atoms with Crippen molar-refractivity contribution >= 4 is 17.8 Å². The average Bonchev–Trinajstić information content (AvgIpc) is 2.56. The molecule has 1 saturated heterocycles. The number of amides is 2. The normalized spacial score (nSPS) is 18.3. The van der Waals surface area contributed by atoms with Gasteiger partial charge < -0.3 is 15.4 Å². The summed E-state index contributed by atoms with van der Waals surface area (Å²) >= 11 is 1.74. The zero-order valence-corrected chi connectivity index (χ0v) is 14.1. The second-order valence-corrected chi connectivity index (χ2v) is 7.00. The van der Waals surface area contributed by atoms with Gasteiger partial charge in [-0.05, 0) is 43.7 Å². The summed E-state index contributed by atoms with van der Waals surface area (Å²) in [6.07, 6.45) is 3.83. The summed E-state index contributed by atoms with van der Waals surface area (Å²) in [6.45, 7) is 3.68. The van der Waals surface area contributed by atoms with Gasteiger partial charge in [0.2, 0.25) is 0 Å². The van der Waals surface area contributed by atoms with Gasteiger partial charge in [-0.25, -0.2) is 13.6 Å². The van der Waals surface area contributed by atoms with Crippen LogP contribution in [0.25, 0.3) is 0 Å². The van der Waals surface area contributed by atoms with Crippen molar-refractivity contribution in [2.24, 2.45) is 0 Å². The molecule has 2 rings (SSSR count). The molecule has 1 aliphatic rings. The molecule has 0 radical (unpaired) electrons. The minimum absolute atomic E-state index is 0.000805. The molecule has 0 spiro atoms. The van der Waals surface area contributed by atoms with Gasteiger partial charge in [-0.15, -0.1) is 0 Å². The number of rotatable bonds is 5. The third kappa shape index (κ3) is 4.81. The Morgan fingerprint density at radius 1 is 1.35 bits per heavy atom. The van der Waals surface area contributed by atoms with Gasteiger partial charge in [0, 0.05) is 24.5 Å². The molecule has 7 heteroatoms. The van der Waals surface area contributed by atoms with Crippen LogP contribution in [0.4, 0.5) is 13.6 Å². The Morgan fingerprint density at radius 3 is 2.65 bits per heavy atom. The number of halogens is 2. The minimum atomic E-state index is -0.917. The van der Waals surface area contributed by atoms with Gasteiger partial charge in [0.05, 0.1) is 6.04 Å². The Hall–Kier alpha value is -1.34. The molecule has 23 heavy (non-hydrogen) atoms. The monoisotopic (exact) mass is 344 g/mol. The molecule has 128 valence electrons. The lowest BCUT2D eigenvalue weighted by molar-refractivity contribution is 0.0777. The van der Waals surface area contributed by atoms with Crippen molar-refractivity contribution in [3.8, 4) is 0 Å². The zero-order valence-electron chi connectivity index (χ0n) is 13.3. The van der Waals surface area contributed by atoms with Crippen LogP contribution in [-0.4, -0.2) is 36.8 Å². The lowest BCUT2D eigenvalue weighted by atomic mass is 9.99. The highest BCUT2D eigenvalue weighted by atomic mass is 32.2. The van der Waals surface area contributed by atoms with Gasteiger partial charge in [0.15, 0.2) is 11.6 Å². The molecule has 1 aliphatic heterocycles. The smallest absolute Gasteiger partial charge is 0.315 e. The van der Waals surface area contributed by atoms with Gasteiger partial charge >= 0.3 is 6.03 Å². The highest BCUT2D eigenvalue weighted by Gasteiger charge is 2.32. The molecule has 0 aliphatic carbocycles. The molecule has 1 aromatic carbocycles. The molecule has 0 saturated carbocycles. The van der Waals surface area contributed by atoms with Gasteiger partial charge in [-0.1, -0.05) is 6.07 Å². The Labute approximate surface area is 139 Å². The zero-order chi connectivity index (χ0) is 16.9. The molecule has 0 aromatic heterocycles. The molecule has 1 fully saturated rings. The maximum absolute atomic E-state index is 13.2. The molecule has 1 aromatic rings. The Balaban J connectivity index is 1.87. The van der Waals surface area contributed by atoms with E-state index in [4.69, 9.17) is 4.74 Å². The van der Waals surface area contributed by atoms with E-state index in [2.05, 4.69) is 10.6 Å². The second-order valence-electron chi connectivity index (χ2n) is 5.72. The van der Waals surface area contributed by atoms with Gasteiger partial charge in [-0.3, -0.25) is 0 Å².